The van der Waals surface area contributed by atoms with Gasteiger partial charge < -0.3 is 4.90 Å². The molecule has 94 valence electrons. The highest BCUT2D eigenvalue weighted by molar-refractivity contribution is 5.96. The average molecular weight is 247 g/mol. The van der Waals surface area contributed by atoms with Crippen molar-refractivity contribution in [3.05, 3.63) is 39.4 Å². The van der Waals surface area contributed by atoms with Crippen LogP contribution in [0.3, 0.4) is 0 Å². The monoisotopic (exact) mass is 247 g/mol. The number of nitriles is 1. The van der Waals surface area contributed by atoms with E-state index in [2.05, 4.69) is 0 Å². The first-order chi connectivity index (χ1) is 8.51. The minimum atomic E-state index is -0.545. The highest BCUT2D eigenvalue weighted by Crippen LogP contribution is 2.18. The van der Waals surface area contributed by atoms with Crippen molar-refractivity contribution in [2.75, 3.05) is 13.1 Å². The standard InChI is InChI=1S/C12H13N3O3/c1-3-14(7-6-13)12(16)11-8-10(15(17)18)5-4-9(11)2/h4-5,8H,3,7H2,1-2H3. The van der Waals surface area contributed by atoms with E-state index >= 15 is 0 Å². The second-order valence-corrected chi connectivity index (χ2v) is 3.73. The summed E-state index contributed by atoms with van der Waals surface area (Å²) < 4.78 is 0. The lowest BCUT2D eigenvalue weighted by Gasteiger charge is -2.18. The van der Waals surface area contributed by atoms with Crippen molar-refractivity contribution >= 4 is 11.6 Å². The van der Waals surface area contributed by atoms with Crippen LogP contribution >= 0.6 is 0 Å². The summed E-state index contributed by atoms with van der Waals surface area (Å²) in [4.78, 5) is 23.6. The van der Waals surface area contributed by atoms with Crippen molar-refractivity contribution in [3.63, 3.8) is 0 Å². The van der Waals surface area contributed by atoms with Gasteiger partial charge in [0.05, 0.1) is 11.0 Å². The van der Waals surface area contributed by atoms with Gasteiger partial charge in [0, 0.05) is 24.2 Å². The molecule has 1 aromatic carbocycles. The first kappa shape index (κ1) is 13.6. The molecule has 0 heterocycles. The predicted molar refractivity (Wildman–Crippen MR) is 65.0 cm³/mol. The number of benzene rings is 1. The molecule has 0 saturated heterocycles. The second-order valence-electron chi connectivity index (χ2n) is 3.73. The molecule has 0 unspecified atom stereocenters. The highest BCUT2D eigenvalue weighted by Gasteiger charge is 2.19. The molecule has 0 aliphatic heterocycles. The zero-order chi connectivity index (χ0) is 13.7. The van der Waals surface area contributed by atoms with Crippen molar-refractivity contribution in [2.45, 2.75) is 13.8 Å². The van der Waals surface area contributed by atoms with Crippen LogP contribution in [0.4, 0.5) is 5.69 Å². The number of amides is 1. The van der Waals surface area contributed by atoms with Gasteiger partial charge in [-0.25, -0.2) is 0 Å². The van der Waals surface area contributed by atoms with Gasteiger partial charge in [-0.1, -0.05) is 6.07 Å². The van der Waals surface area contributed by atoms with Crippen molar-refractivity contribution < 1.29 is 9.72 Å². The molecule has 0 aliphatic carbocycles. The maximum atomic E-state index is 12.1. The van der Waals surface area contributed by atoms with Crippen LogP contribution < -0.4 is 0 Å². The molecule has 0 aromatic heterocycles. The maximum absolute atomic E-state index is 12.1. The van der Waals surface area contributed by atoms with Gasteiger partial charge in [-0.3, -0.25) is 14.9 Å². The molecular weight excluding hydrogens is 234 g/mol. The predicted octanol–water partition coefficient (Wildman–Crippen LogP) is 1.89. The van der Waals surface area contributed by atoms with Gasteiger partial charge in [0.25, 0.3) is 11.6 Å². The highest BCUT2D eigenvalue weighted by atomic mass is 16.6. The van der Waals surface area contributed by atoms with E-state index in [1.165, 1.54) is 23.1 Å². The third kappa shape index (κ3) is 2.83. The van der Waals surface area contributed by atoms with Crippen LogP contribution in [-0.2, 0) is 0 Å². The van der Waals surface area contributed by atoms with Crippen LogP contribution in [-0.4, -0.2) is 28.8 Å². The number of carbonyl (C=O) groups is 1. The first-order valence-corrected chi connectivity index (χ1v) is 5.42. The van der Waals surface area contributed by atoms with Crippen LogP contribution in [0.2, 0.25) is 0 Å². The average Bonchev–Trinajstić information content (AvgIpc) is 2.35. The van der Waals surface area contributed by atoms with Crippen LogP contribution in [0.5, 0.6) is 0 Å². The van der Waals surface area contributed by atoms with Gasteiger partial charge in [0.1, 0.15) is 6.54 Å². The van der Waals surface area contributed by atoms with Gasteiger partial charge in [0.2, 0.25) is 0 Å². The number of nitro groups is 1. The molecule has 6 heteroatoms. The Morgan fingerprint density at radius 3 is 2.72 bits per heavy atom. The van der Waals surface area contributed by atoms with E-state index in [1.807, 2.05) is 6.07 Å². The quantitative estimate of drug-likeness (QED) is 0.461. The lowest BCUT2D eigenvalue weighted by Crippen LogP contribution is -2.31. The Balaban J connectivity index is 3.15. The summed E-state index contributed by atoms with van der Waals surface area (Å²) in [5.41, 5.74) is 0.792. The number of carbonyl (C=O) groups excluding carboxylic acids is 1. The molecule has 1 amide bonds. The molecule has 0 fully saturated rings. The fourth-order valence-electron chi connectivity index (χ4n) is 1.54. The molecule has 0 atom stereocenters. The maximum Gasteiger partial charge on any atom is 0.270 e. The summed E-state index contributed by atoms with van der Waals surface area (Å²) >= 11 is 0. The molecule has 1 rings (SSSR count). The summed E-state index contributed by atoms with van der Waals surface area (Å²) in [5.74, 6) is -0.361. The lowest BCUT2D eigenvalue weighted by atomic mass is 10.1. The van der Waals surface area contributed by atoms with Gasteiger partial charge >= 0.3 is 0 Å². The minimum Gasteiger partial charge on any atom is -0.326 e. The van der Waals surface area contributed by atoms with Crippen molar-refractivity contribution in [1.29, 1.82) is 5.26 Å². The fourth-order valence-corrected chi connectivity index (χ4v) is 1.54. The number of nitrogens with zero attached hydrogens (tertiary/aromatic N) is 3. The summed E-state index contributed by atoms with van der Waals surface area (Å²) in [6.07, 6.45) is 0. The van der Waals surface area contributed by atoms with Gasteiger partial charge in [-0.05, 0) is 19.4 Å². The summed E-state index contributed by atoms with van der Waals surface area (Å²) in [6, 6.07) is 6.03. The smallest absolute Gasteiger partial charge is 0.270 e. The van der Waals surface area contributed by atoms with Crippen molar-refractivity contribution in [3.8, 4) is 6.07 Å². The molecule has 0 aliphatic rings. The summed E-state index contributed by atoms with van der Waals surface area (Å²) in [5, 5.41) is 19.3. The topological polar surface area (TPSA) is 87.2 Å². The number of rotatable bonds is 4. The summed E-state index contributed by atoms with van der Waals surface area (Å²) in [6.45, 7) is 3.81. The SMILES string of the molecule is CCN(CC#N)C(=O)c1cc([N+](=O)[O-])ccc1C. The fraction of sp³-hybridized carbons (Fsp3) is 0.333. The van der Waals surface area contributed by atoms with Crippen molar-refractivity contribution in [2.24, 2.45) is 0 Å². The molecule has 18 heavy (non-hydrogen) atoms. The van der Waals surface area contributed by atoms with Gasteiger partial charge in [-0.2, -0.15) is 5.26 Å². The molecule has 6 nitrogen and oxygen atoms in total. The Labute approximate surface area is 105 Å². The largest absolute Gasteiger partial charge is 0.326 e. The molecule has 0 saturated carbocycles. The zero-order valence-electron chi connectivity index (χ0n) is 10.2. The Morgan fingerprint density at radius 2 is 2.22 bits per heavy atom. The van der Waals surface area contributed by atoms with Crippen LogP contribution in [0.25, 0.3) is 0 Å². The van der Waals surface area contributed by atoms with E-state index in [9.17, 15) is 14.9 Å². The number of aryl methyl sites for hydroxylation is 1. The van der Waals surface area contributed by atoms with Crippen LogP contribution in [0, 0.1) is 28.4 Å². The number of non-ortho nitro benzene ring substituents is 1. The minimum absolute atomic E-state index is 0.0303. The lowest BCUT2D eigenvalue weighted by molar-refractivity contribution is -0.384. The van der Waals surface area contributed by atoms with E-state index < -0.39 is 4.92 Å². The van der Waals surface area contributed by atoms with E-state index in [4.69, 9.17) is 5.26 Å². The van der Waals surface area contributed by atoms with Crippen LogP contribution in [0.1, 0.15) is 22.8 Å². The molecule has 0 spiro atoms. The molecule has 0 radical (unpaired) electrons. The van der Waals surface area contributed by atoms with E-state index in [0.717, 1.165) is 0 Å². The number of hydrogen-bond acceptors (Lipinski definition) is 4. The summed E-state index contributed by atoms with van der Waals surface area (Å²) in [7, 11) is 0. The first-order valence-electron chi connectivity index (χ1n) is 5.42. The van der Waals surface area contributed by atoms with Gasteiger partial charge in [0.15, 0.2) is 0 Å². The number of hydrogen-bond donors (Lipinski definition) is 0. The van der Waals surface area contributed by atoms with Crippen molar-refractivity contribution in [1.82, 2.24) is 4.90 Å². The van der Waals surface area contributed by atoms with E-state index in [-0.39, 0.29) is 23.7 Å². The Bertz CT molecular complexity index is 520. The van der Waals surface area contributed by atoms with Crippen LogP contribution in [0.15, 0.2) is 18.2 Å². The van der Waals surface area contributed by atoms with Gasteiger partial charge in [-0.15, -0.1) is 0 Å². The molecule has 0 N–H and O–H groups in total. The number of nitro benzene ring substituents is 1. The Morgan fingerprint density at radius 1 is 1.56 bits per heavy atom. The third-order valence-electron chi connectivity index (χ3n) is 2.59. The van der Waals surface area contributed by atoms with E-state index in [0.29, 0.717) is 12.1 Å². The Kier molecular flexibility index (Phi) is 4.38. The third-order valence-corrected chi connectivity index (χ3v) is 2.59. The molecule has 1 aromatic rings. The zero-order valence-corrected chi connectivity index (χ0v) is 10.2. The molecular formula is C12H13N3O3. The Hall–Kier alpha value is -2.42. The normalized spacial score (nSPS) is 9.61. The molecule has 0 bridgehead atoms. The second kappa shape index (κ2) is 5.77. The van der Waals surface area contributed by atoms with E-state index in [1.54, 1.807) is 13.8 Å².